The molecule has 1 fully saturated rings. The van der Waals surface area contributed by atoms with Gasteiger partial charge in [-0.3, -0.25) is 0 Å². The second kappa shape index (κ2) is 6.56. The Balaban J connectivity index is 2.09. The summed E-state index contributed by atoms with van der Waals surface area (Å²) in [6.07, 6.45) is 3.66. The summed E-state index contributed by atoms with van der Waals surface area (Å²) in [5.74, 6) is 0. The number of aryl methyl sites for hydroxylation is 1. The Kier molecular flexibility index (Phi) is 4.99. The van der Waals surface area contributed by atoms with Gasteiger partial charge in [-0.1, -0.05) is 0 Å². The van der Waals surface area contributed by atoms with Crippen LogP contribution in [0, 0.1) is 18.3 Å². The maximum absolute atomic E-state index is 12.4. The molecule has 21 heavy (non-hydrogen) atoms. The van der Waals surface area contributed by atoms with E-state index in [1.54, 1.807) is 19.1 Å². The molecule has 0 radical (unpaired) electrons. The molecule has 114 valence electrons. The predicted octanol–water partition coefficient (Wildman–Crippen LogP) is 1.68. The highest BCUT2D eigenvalue weighted by Gasteiger charge is 2.25. The predicted molar refractivity (Wildman–Crippen MR) is 81.3 cm³/mol. The van der Waals surface area contributed by atoms with E-state index in [1.807, 2.05) is 13.1 Å². The maximum Gasteiger partial charge on any atom is 0.240 e. The Morgan fingerprint density at radius 1 is 1.19 bits per heavy atom. The highest BCUT2D eigenvalue weighted by Crippen LogP contribution is 2.21. The van der Waals surface area contributed by atoms with Gasteiger partial charge in [0.15, 0.2) is 0 Å². The van der Waals surface area contributed by atoms with Gasteiger partial charge in [-0.25, -0.2) is 13.1 Å². The summed E-state index contributed by atoms with van der Waals surface area (Å²) in [5, 5.41) is 12.1. The first-order chi connectivity index (χ1) is 9.96. The van der Waals surface area contributed by atoms with Gasteiger partial charge in [-0.05, 0) is 63.4 Å². The van der Waals surface area contributed by atoms with Gasteiger partial charge in [-0.2, -0.15) is 5.26 Å². The molecule has 2 rings (SSSR count). The van der Waals surface area contributed by atoms with Crippen molar-refractivity contribution in [2.75, 3.05) is 7.05 Å². The quantitative estimate of drug-likeness (QED) is 0.886. The minimum atomic E-state index is -3.51. The van der Waals surface area contributed by atoms with Crippen LogP contribution in [0.25, 0.3) is 0 Å². The molecule has 0 unspecified atom stereocenters. The van der Waals surface area contributed by atoms with E-state index in [9.17, 15) is 8.42 Å². The van der Waals surface area contributed by atoms with Crippen molar-refractivity contribution in [3.05, 3.63) is 29.3 Å². The molecule has 0 bridgehead atoms. The lowest BCUT2D eigenvalue weighted by Crippen LogP contribution is -2.41. The standard InChI is InChI=1S/C15H21N3O2S/c1-11-9-15(8-3-12(11)10-16)21(19,20)18-14-6-4-13(17-2)5-7-14/h3,8-9,13-14,17-18H,4-7H2,1-2H3. The number of nitrogens with zero attached hydrogens (tertiary/aromatic N) is 1. The summed E-state index contributed by atoms with van der Waals surface area (Å²) in [7, 11) is -1.57. The SMILES string of the molecule is CNC1CCC(NS(=O)(=O)c2ccc(C#N)c(C)c2)CC1. The maximum atomic E-state index is 12.4. The fourth-order valence-electron chi connectivity index (χ4n) is 2.72. The van der Waals surface area contributed by atoms with Crippen LogP contribution in [0.3, 0.4) is 0 Å². The van der Waals surface area contributed by atoms with Crippen LogP contribution in [0.5, 0.6) is 0 Å². The first kappa shape index (κ1) is 16.0. The molecule has 1 aromatic rings. The van der Waals surface area contributed by atoms with Crippen LogP contribution in [-0.2, 0) is 10.0 Å². The zero-order chi connectivity index (χ0) is 15.5. The number of hydrogen-bond donors (Lipinski definition) is 2. The second-order valence-electron chi connectivity index (χ2n) is 5.55. The molecule has 1 aliphatic rings. The van der Waals surface area contributed by atoms with E-state index < -0.39 is 10.0 Å². The largest absolute Gasteiger partial charge is 0.317 e. The molecule has 5 nitrogen and oxygen atoms in total. The van der Waals surface area contributed by atoms with Crippen molar-refractivity contribution in [1.29, 1.82) is 5.26 Å². The van der Waals surface area contributed by atoms with Crippen LogP contribution in [0.4, 0.5) is 0 Å². The first-order valence-electron chi connectivity index (χ1n) is 7.16. The third kappa shape index (κ3) is 3.82. The van der Waals surface area contributed by atoms with Crippen LogP contribution in [0.1, 0.15) is 36.8 Å². The van der Waals surface area contributed by atoms with Crippen molar-refractivity contribution in [1.82, 2.24) is 10.0 Å². The molecule has 0 aliphatic heterocycles. The van der Waals surface area contributed by atoms with Gasteiger partial charge in [0.05, 0.1) is 16.5 Å². The minimum Gasteiger partial charge on any atom is -0.317 e. The van der Waals surface area contributed by atoms with Crippen LogP contribution in [0.2, 0.25) is 0 Å². The van der Waals surface area contributed by atoms with E-state index >= 15 is 0 Å². The van der Waals surface area contributed by atoms with Crippen LogP contribution >= 0.6 is 0 Å². The first-order valence-corrected chi connectivity index (χ1v) is 8.65. The summed E-state index contributed by atoms with van der Waals surface area (Å²) in [6, 6.07) is 7.14. The van der Waals surface area contributed by atoms with Gasteiger partial charge in [0.2, 0.25) is 10.0 Å². The number of rotatable bonds is 4. The summed E-state index contributed by atoms with van der Waals surface area (Å²) in [5.41, 5.74) is 1.18. The smallest absolute Gasteiger partial charge is 0.240 e. The topological polar surface area (TPSA) is 82.0 Å². The average Bonchev–Trinajstić information content (AvgIpc) is 2.47. The van der Waals surface area contributed by atoms with Gasteiger partial charge in [0.25, 0.3) is 0 Å². The van der Waals surface area contributed by atoms with Crippen molar-refractivity contribution in [3.8, 4) is 6.07 Å². The van der Waals surface area contributed by atoms with E-state index in [1.165, 1.54) is 6.07 Å². The van der Waals surface area contributed by atoms with Gasteiger partial charge < -0.3 is 5.32 Å². The van der Waals surface area contributed by atoms with E-state index in [-0.39, 0.29) is 10.9 Å². The van der Waals surface area contributed by atoms with E-state index in [2.05, 4.69) is 10.0 Å². The van der Waals surface area contributed by atoms with Crippen molar-refractivity contribution in [2.24, 2.45) is 0 Å². The van der Waals surface area contributed by atoms with E-state index in [4.69, 9.17) is 5.26 Å². The molecule has 1 saturated carbocycles. The Bertz CT molecular complexity index is 641. The van der Waals surface area contributed by atoms with Gasteiger partial charge in [0.1, 0.15) is 0 Å². The highest BCUT2D eigenvalue weighted by atomic mass is 32.2. The Morgan fingerprint density at radius 3 is 2.33 bits per heavy atom. The molecule has 0 heterocycles. The molecule has 0 atom stereocenters. The molecular weight excluding hydrogens is 286 g/mol. The fourth-order valence-corrected chi connectivity index (χ4v) is 4.11. The van der Waals surface area contributed by atoms with E-state index in [0.29, 0.717) is 17.2 Å². The van der Waals surface area contributed by atoms with E-state index in [0.717, 1.165) is 25.7 Å². The molecule has 2 N–H and O–H groups in total. The van der Waals surface area contributed by atoms with Crippen molar-refractivity contribution >= 4 is 10.0 Å². The normalized spacial score (nSPS) is 22.7. The van der Waals surface area contributed by atoms with Gasteiger partial charge in [-0.15, -0.1) is 0 Å². The monoisotopic (exact) mass is 307 g/mol. The molecule has 0 saturated heterocycles. The number of hydrogen-bond acceptors (Lipinski definition) is 4. The van der Waals surface area contributed by atoms with Crippen molar-refractivity contribution in [2.45, 2.75) is 49.6 Å². The summed E-state index contributed by atoms with van der Waals surface area (Å²) in [6.45, 7) is 1.75. The molecule has 6 heteroatoms. The zero-order valence-electron chi connectivity index (χ0n) is 12.4. The van der Waals surface area contributed by atoms with Gasteiger partial charge >= 0.3 is 0 Å². The highest BCUT2D eigenvalue weighted by molar-refractivity contribution is 7.89. The van der Waals surface area contributed by atoms with Crippen molar-refractivity contribution in [3.63, 3.8) is 0 Å². The third-order valence-electron chi connectivity index (χ3n) is 4.09. The lowest BCUT2D eigenvalue weighted by Gasteiger charge is -2.28. The Labute approximate surface area is 126 Å². The number of sulfonamides is 1. The lowest BCUT2D eigenvalue weighted by molar-refractivity contribution is 0.343. The average molecular weight is 307 g/mol. The van der Waals surface area contributed by atoms with Crippen molar-refractivity contribution < 1.29 is 8.42 Å². The lowest BCUT2D eigenvalue weighted by atomic mass is 9.92. The summed E-state index contributed by atoms with van der Waals surface area (Å²) >= 11 is 0. The van der Waals surface area contributed by atoms with Crippen LogP contribution in [-0.4, -0.2) is 27.5 Å². The second-order valence-corrected chi connectivity index (χ2v) is 7.26. The molecule has 0 spiro atoms. The number of nitrogens with one attached hydrogen (secondary N) is 2. The summed E-state index contributed by atoms with van der Waals surface area (Å²) in [4.78, 5) is 0.231. The van der Waals surface area contributed by atoms with Crippen LogP contribution < -0.4 is 10.0 Å². The molecule has 0 aromatic heterocycles. The molecule has 1 aromatic carbocycles. The molecule has 1 aliphatic carbocycles. The molecule has 0 amide bonds. The fraction of sp³-hybridized carbons (Fsp3) is 0.533. The Morgan fingerprint density at radius 2 is 1.81 bits per heavy atom. The zero-order valence-corrected chi connectivity index (χ0v) is 13.2. The van der Waals surface area contributed by atoms with Gasteiger partial charge in [0, 0.05) is 12.1 Å². The number of benzene rings is 1. The Hall–Kier alpha value is -1.42. The number of nitriles is 1. The molecular formula is C15H21N3O2S. The third-order valence-corrected chi connectivity index (χ3v) is 5.60. The minimum absolute atomic E-state index is 0.00412. The van der Waals surface area contributed by atoms with Crippen LogP contribution in [0.15, 0.2) is 23.1 Å². The summed E-state index contributed by atoms with van der Waals surface area (Å²) < 4.78 is 27.6.